The molecule has 1 aromatic rings. The Labute approximate surface area is 101 Å². The molecule has 90 valence electrons. The first-order valence-corrected chi connectivity index (χ1v) is 5.93. The minimum atomic E-state index is 0.423. The molecule has 0 aliphatic carbocycles. The van der Waals surface area contributed by atoms with Crippen LogP contribution < -0.4 is 5.32 Å². The van der Waals surface area contributed by atoms with Crippen molar-refractivity contribution in [2.24, 2.45) is 0 Å². The predicted octanol–water partition coefficient (Wildman–Crippen LogP) is 1.18. The van der Waals surface area contributed by atoms with Crippen LogP contribution in [-0.2, 0) is 0 Å². The van der Waals surface area contributed by atoms with E-state index in [9.17, 15) is 0 Å². The topological polar surface area (TPSA) is 64.8 Å². The number of rotatable bonds is 3. The number of anilines is 1. The van der Waals surface area contributed by atoms with Gasteiger partial charge in [-0.2, -0.15) is 5.26 Å². The quantitative estimate of drug-likeness (QED) is 0.791. The lowest BCUT2D eigenvalue weighted by atomic mass is 10.1. The lowest BCUT2D eigenvalue weighted by Crippen LogP contribution is -2.39. The zero-order chi connectivity index (χ0) is 12.1. The van der Waals surface area contributed by atoms with Crippen molar-refractivity contribution in [1.29, 1.82) is 5.26 Å². The molecule has 0 spiro atoms. The molecule has 0 saturated carbocycles. The second kappa shape index (κ2) is 5.60. The van der Waals surface area contributed by atoms with Crippen molar-refractivity contribution >= 4 is 5.95 Å². The number of nitriles is 1. The molecule has 1 saturated heterocycles. The van der Waals surface area contributed by atoms with Gasteiger partial charge in [0.2, 0.25) is 5.95 Å². The van der Waals surface area contributed by atoms with Crippen molar-refractivity contribution in [3.8, 4) is 6.07 Å². The van der Waals surface area contributed by atoms with Gasteiger partial charge in [0.05, 0.1) is 12.6 Å². The van der Waals surface area contributed by atoms with Gasteiger partial charge in [-0.1, -0.05) is 0 Å². The second-order valence-electron chi connectivity index (χ2n) is 4.37. The highest BCUT2D eigenvalue weighted by Crippen LogP contribution is 2.13. The number of hydrogen-bond donors (Lipinski definition) is 1. The molecular weight excluding hydrogens is 214 g/mol. The van der Waals surface area contributed by atoms with Gasteiger partial charge in [-0.05, 0) is 25.8 Å². The maximum atomic E-state index is 8.62. The summed E-state index contributed by atoms with van der Waals surface area (Å²) in [5, 5.41) is 12.0. The number of nitrogens with one attached hydrogen (secondary N) is 1. The summed E-state index contributed by atoms with van der Waals surface area (Å²) in [5.74, 6) is 0.712. The molecular formula is C12H17N5. The van der Waals surface area contributed by atoms with E-state index in [1.807, 2.05) is 13.0 Å². The third-order valence-electron chi connectivity index (χ3n) is 3.01. The van der Waals surface area contributed by atoms with Gasteiger partial charge in [-0.25, -0.2) is 9.97 Å². The highest BCUT2D eigenvalue weighted by atomic mass is 15.2. The van der Waals surface area contributed by atoms with E-state index >= 15 is 0 Å². The maximum absolute atomic E-state index is 8.62. The molecule has 17 heavy (non-hydrogen) atoms. The Morgan fingerprint density at radius 2 is 2.29 bits per heavy atom. The van der Waals surface area contributed by atoms with E-state index in [4.69, 9.17) is 5.26 Å². The Balaban J connectivity index is 1.84. The van der Waals surface area contributed by atoms with Gasteiger partial charge in [-0.15, -0.1) is 0 Å². The van der Waals surface area contributed by atoms with E-state index in [1.54, 1.807) is 6.20 Å². The average Bonchev–Trinajstić information content (AvgIpc) is 2.32. The molecule has 0 bridgehead atoms. The van der Waals surface area contributed by atoms with Crippen LogP contribution in [0.5, 0.6) is 0 Å². The Bertz CT molecular complexity index is 404. The van der Waals surface area contributed by atoms with Crippen LogP contribution in [0.3, 0.4) is 0 Å². The number of piperidine rings is 1. The fourth-order valence-corrected chi connectivity index (χ4v) is 2.04. The van der Waals surface area contributed by atoms with Crippen molar-refractivity contribution in [2.45, 2.75) is 25.8 Å². The first kappa shape index (κ1) is 11.8. The molecule has 1 fully saturated rings. The number of aryl methyl sites for hydroxylation is 1. The molecule has 0 amide bonds. The van der Waals surface area contributed by atoms with Gasteiger partial charge in [0.25, 0.3) is 0 Å². The summed E-state index contributed by atoms with van der Waals surface area (Å²) in [7, 11) is 0. The summed E-state index contributed by atoms with van der Waals surface area (Å²) in [6, 6.07) is 4.50. The van der Waals surface area contributed by atoms with E-state index < -0.39 is 0 Å². The monoisotopic (exact) mass is 231 g/mol. The Hall–Kier alpha value is -1.67. The summed E-state index contributed by atoms with van der Waals surface area (Å²) >= 11 is 0. The van der Waals surface area contributed by atoms with E-state index in [-0.39, 0.29) is 0 Å². The fourth-order valence-electron chi connectivity index (χ4n) is 2.04. The molecule has 0 radical (unpaired) electrons. The predicted molar refractivity (Wildman–Crippen MR) is 65.5 cm³/mol. The molecule has 0 atom stereocenters. The zero-order valence-electron chi connectivity index (χ0n) is 10.1. The van der Waals surface area contributed by atoms with Crippen LogP contribution in [0.15, 0.2) is 12.3 Å². The number of hydrogen-bond acceptors (Lipinski definition) is 5. The maximum Gasteiger partial charge on any atom is 0.223 e. The van der Waals surface area contributed by atoms with E-state index in [2.05, 4.69) is 26.3 Å². The first-order chi connectivity index (χ1) is 8.28. The first-order valence-electron chi connectivity index (χ1n) is 5.93. The molecule has 2 heterocycles. The minimum absolute atomic E-state index is 0.423. The van der Waals surface area contributed by atoms with Crippen LogP contribution in [0.1, 0.15) is 18.5 Å². The van der Waals surface area contributed by atoms with Gasteiger partial charge in [0.15, 0.2) is 0 Å². The van der Waals surface area contributed by atoms with Gasteiger partial charge in [0.1, 0.15) is 0 Å². The lowest BCUT2D eigenvalue weighted by molar-refractivity contribution is 0.242. The fraction of sp³-hybridized carbons (Fsp3) is 0.583. The van der Waals surface area contributed by atoms with Gasteiger partial charge >= 0.3 is 0 Å². The molecule has 2 rings (SSSR count). The van der Waals surface area contributed by atoms with Crippen molar-refractivity contribution < 1.29 is 0 Å². The zero-order valence-corrected chi connectivity index (χ0v) is 10.1. The van der Waals surface area contributed by atoms with Crippen LogP contribution in [-0.4, -0.2) is 40.5 Å². The Morgan fingerprint density at radius 1 is 1.53 bits per heavy atom. The molecule has 5 heteroatoms. The second-order valence-corrected chi connectivity index (χ2v) is 4.37. The molecule has 0 unspecified atom stereocenters. The van der Waals surface area contributed by atoms with Crippen LogP contribution in [0.4, 0.5) is 5.95 Å². The lowest BCUT2D eigenvalue weighted by Gasteiger charge is -2.30. The van der Waals surface area contributed by atoms with Crippen molar-refractivity contribution in [1.82, 2.24) is 14.9 Å². The van der Waals surface area contributed by atoms with E-state index in [1.165, 1.54) is 0 Å². The third kappa shape index (κ3) is 3.40. The molecule has 1 aromatic heterocycles. The van der Waals surface area contributed by atoms with Crippen LogP contribution >= 0.6 is 0 Å². The van der Waals surface area contributed by atoms with Crippen molar-refractivity contribution in [2.75, 3.05) is 25.0 Å². The largest absolute Gasteiger partial charge is 0.351 e. The normalized spacial score (nSPS) is 17.6. The standard InChI is InChI=1S/C12H17N5/c1-10-2-6-14-12(15-10)16-11-3-7-17(8-4-11)9-5-13/h2,6,11H,3-4,7-9H2,1H3,(H,14,15,16). The van der Waals surface area contributed by atoms with Crippen molar-refractivity contribution in [3.05, 3.63) is 18.0 Å². The Morgan fingerprint density at radius 3 is 2.94 bits per heavy atom. The molecule has 0 aromatic carbocycles. The van der Waals surface area contributed by atoms with Crippen LogP contribution in [0.25, 0.3) is 0 Å². The van der Waals surface area contributed by atoms with Crippen LogP contribution in [0, 0.1) is 18.3 Å². The molecule has 1 aliphatic rings. The summed E-state index contributed by atoms with van der Waals surface area (Å²) in [6.07, 6.45) is 3.85. The molecule has 1 N–H and O–H groups in total. The van der Waals surface area contributed by atoms with Gasteiger partial charge in [-0.3, -0.25) is 4.90 Å². The highest BCUT2D eigenvalue weighted by molar-refractivity contribution is 5.26. The molecule has 1 aliphatic heterocycles. The summed E-state index contributed by atoms with van der Waals surface area (Å²) < 4.78 is 0. The van der Waals surface area contributed by atoms with Gasteiger partial charge in [0, 0.05) is 31.0 Å². The number of likely N-dealkylation sites (tertiary alicyclic amines) is 1. The summed E-state index contributed by atoms with van der Waals surface area (Å²) in [5.41, 5.74) is 0.976. The van der Waals surface area contributed by atoms with Crippen LogP contribution in [0.2, 0.25) is 0 Å². The van der Waals surface area contributed by atoms with Gasteiger partial charge < -0.3 is 5.32 Å². The average molecular weight is 231 g/mol. The summed E-state index contributed by atoms with van der Waals surface area (Å²) in [6.45, 7) is 4.43. The van der Waals surface area contributed by atoms with E-state index in [0.717, 1.165) is 31.6 Å². The highest BCUT2D eigenvalue weighted by Gasteiger charge is 2.19. The smallest absolute Gasteiger partial charge is 0.223 e. The Kier molecular flexibility index (Phi) is 3.89. The van der Waals surface area contributed by atoms with E-state index in [0.29, 0.717) is 18.5 Å². The third-order valence-corrected chi connectivity index (χ3v) is 3.01. The SMILES string of the molecule is Cc1ccnc(NC2CCN(CC#N)CC2)n1. The number of aromatic nitrogens is 2. The van der Waals surface area contributed by atoms with Crippen molar-refractivity contribution in [3.63, 3.8) is 0 Å². The summed E-state index contributed by atoms with van der Waals surface area (Å²) in [4.78, 5) is 10.7. The number of nitrogens with zero attached hydrogens (tertiary/aromatic N) is 4. The minimum Gasteiger partial charge on any atom is -0.351 e. The molecule has 5 nitrogen and oxygen atoms in total.